The van der Waals surface area contributed by atoms with E-state index in [1.54, 1.807) is 12.4 Å². The van der Waals surface area contributed by atoms with Crippen LogP contribution in [-0.4, -0.2) is 20.4 Å². The van der Waals surface area contributed by atoms with Crippen LogP contribution in [0.5, 0.6) is 0 Å². The van der Waals surface area contributed by atoms with E-state index in [0.29, 0.717) is 6.54 Å². The van der Waals surface area contributed by atoms with Gasteiger partial charge in [-0.1, -0.05) is 0 Å². The molecule has 0 aliphatic heterocycles. The van der Waals surface area contributed by atoms with Crippen molar-refractivity contribution >= 4 is 0 Å². The van der Waals surface area contributed by atoms with Crippen LogP contribution in [0.4, 0.5) is 0 Å². The largest absolute Gasteiger partial charge is 0.326 e. The molecule has 0 saturated heterocycles. The molecule has 2 aromatic rings. The summed E-state index contributed by atoms with van der Waals surface area (Å²) < 4.78 is 0. The molecule has 72 valence electrons. The molecule has 2 heterocycles. The number of nitrogens with two attached hydrogens (primary N) is 1. The summed E-state index contributed by atoms with van der Waals surface area (Å²) in [4.78, 5) is 0. The number of hydrogen-bond donors (Lipinski definition) is 2. The second kappa shape index (κ2) is 3.55. The van der Waals surface area contributed by atoms with Crippen LogP contribution < -0.4 is 5.73 Å². The maximum absolute atomic E-state index is 5.56. The standard InChI is InChI=1S/C9H11N5/c1-6-2-8(13-11-4-6)9-7(3-10)5-12-14-9/h2,4-5H,3,10H2,1H3,(H,12,14). The molecule has 5 heteroatoms. The van der Waals surface area contributed by atoms with E-state index in [2.05, 4.69) is 20.4 Å². The van der Waals surface area contributed by atoms with Crippen LogP contribution in [0.3, 0.4) is 0 Å². The lowest BCUT2D eigenvalue weighted by Gasteiger charge is -1.99. The van der Waals surface area contributed by atoms with E-state index in [9.17, 15) is 0 Å². The van der Waals surface area contributed by atoms with Gasteiger partial charge in [0, 0.05) is 12.1 Å². The predicted molar refractivity (Wildman–Crippen MR) is 52.2 cm³/mol. The van der Waals surface area contributed by atoms with Gasteiger partial charge in [0.15, 0.2) is 0 Å². The Kier molecular flexibility index (Phi) is 2.24. The maximum atomic E-state index is 5.56. The molecular weight excluding hydrogens is 178 g/mol. The van der Waals surface area contributed by atoms with Crippen molar-refractivity contribution in [2.24, 2.45) is 5.73 Å². The zero-order chi connectivity index (χ0) is 9.97. The van der Waals surface area contributed by atoms with Crippen molar-refractivity contribution in [1.82, 2.24) is 20.4 Å². The third-order valence-electron chi connectivity index (χ3n) is 1.99. The summed E-state index contributed by atoms with van der Waals surface area (Å²) in [6.07, 6.45) is 3.42. The smallest absolute Gasteiger partial charge is 0.111 e. The predicted octanol–water partition coefficient (Wildman–Crippen LogP) is 0.634. The van der Waals surface area contributed by atoms with Gasteiger partial charge in [-0.05, 0) is 18.6 Å². The highest BCUT2D eigenvalue weighted by atomic mass is 15.1. The maximum Gasteiger partial charge on any atom is 0.111 e. The first-order valence-electron chi connectivity index (χ1n) is 4.33. The summed E-state index contributed by atoms with van der Waals surface area (Å²) >= 11 is 0. The monoisotopic (exact) mass is 189 g/mol. The Morgan fingerprint density at radius 1 is 1.43 bits per heavy atom. The summed E-state index contributed by atoms with van der Waals surface area (Å²) in [5.41, 5.74) is 9.20. The molecule has 3 N–H and O–H groups in total. The van der Waals surface area contributed by atoms with Gasteiger partial charge in [-0.15, -0.1) is 5.10 Å². The van der Waals surface area contributed by atoms with Crippen LogP contribution in [0.2, 0.25) is 0 Å². The van der Waals surface area contributed by atoms with Crippen molar-refractivity contribution in [3.05, 3.63) is 29.6 Å². The fourth-order valence-electron chi connectivity index (χ4n) is 1.27. The third-order valence-corrected chi connectivity index (χ3v) is 1.99. The Labute approximate surface area is 81.4 Å². The summed E-state index contributed by atoms with van der Waals surface area (Å²) in [6.45, 7) is 2.41. The van der Waals surface area contributed by atoms with E-state index in [1.807, 2.05) is 13.0 Å². The van der Waals surface area contributed by atoms with E-state index < -0.39 is 0 Å². The number of nitrogens with one attached hydrogen (secondary N) is 1. The van der Waals surface area contributed by atoms with E-state index in [1.165, 1.54) is 0 Å². The Morgan fingerprint density at radius 3 is 3.00 bits per heavy atom. The summed E-state index contributed by atoms with van der Waals surface area (Å²) in [7, 11) is 0. The molecule has 2 rings (SSSR count). The van der Waals surface area contributed by atoms with Crippen LogP contribution in [-0.2, 0) is 6.54 Å². The molecule has 0 fully saturated rings. The molecule has 5 nitrogen and oxygen atoms in total. The SMILES string of the molecule is Cc1cnnc(-c2[nH]ncc2CN)c1. The molecule has 0 aromatic carbocycles. The van der Waals surface area contributed by atoms with Gasteiger partial charge in [0.2, 0.25) is 0 Å². The van der Waals surface area contributed by atoms with Crippen molar-refractivity contribution in [1.29, 1.82) is 0 Å². The number of aromatic nitrogens is 4. The van der Waals surface area contributed by atoms with E-state index in [-0.39, 0.29) is 0 Å². The molecule has 0 atom stereocenters. The highest BCUT2D eigenvalue weighted by Crippen LogP contribution is 2.17. The molecule has 0 bridgehead atoms. The second-order valence-corrected chi connectivity index (χ2v) is 3.09. The first-order chi connectivity index (χ1) is 6.81. The minimum atomic E-state index is 0.446. The Morgan fingerprint density at radius 2 is 2.29 bits per heavy atom. The van der Waals surface area contributed by atoms with Crippen molar-refractivity contribution in [2.45, 2.75) is 13.5 Å². The van der Waals surface area contributed by atoms with Crippen molar-refractivity contribution < 1.29 is 0 Å². The minimum absolute atomic E-state index is 0.446. The van der Waals surface area contributed by atoms with E-state index in [4.69, 9.17) is 5.73 Å². The third kappa shape index (κ3) is 1.49. The van der Waals surface area contributed by atoms with Gasteiger partial charge in [-0.25, -0.2) is 0 Å². The van der Waals surface area contributed by atoms with Gasteiger partial charge in [0.05, 0.1) is 18.1 Å². The van der Waals surface area contributed by atoms with Gasteiger partial charge in [-0.2, -0.15) is 10.2 Å². The first kappa shape index (κ1) is 8.83. The van der Waals surface area contributed by atoms with Gasteiger partial charge in [0.1, 0.15) is 5.69 Å². The zero-order valence-electron chi connectivity index (χ0n) is 7.86. The second-order valence-electron chi connectivity index (χ2n) is 3.09. The van der Waals surface area contributed by atoms with Crippen LogP contribution in [0.1, 0.15) is 11.1 Å². The topological polar surface area (TPSA) is 80.5 Å². The number of nitrogens with zero attached hydrogens (tertiary/aromatic N) is 3. The molecule has 0 radical (unpaired) electrons. The molecule has 14 heavy (non-hydrogen) atoms. The lowest BCUT2D eigenvalue weighted by atomic mass is 10.1. The number of rotatable bonds is 2. The van der Waals surface area contributed by atoms with Crippen LogP contribution in [0, 0.1) is 6.92 Å². The molecule has 0 unspecified atom stereocenters. The van der Waals surface area contributed by atoms with Crippen LogP contribution >= 0.6 is 0 Å². The average molecular weight is 189 g/mol. The van der Waals surface area contributed by atoms with E-state index >= 15 is 0 Å². The zero-order valence-corrected chi connectivity index (χ0v) is 7.86. The van der Waals surface area contributed by atoms with Gasteiger partial charge in [0.25, 0.3) is 0 Å². The molecule has 0 amide bonds. The Hall–Kier alpha value is -1.75. The lowest BCUT2D eigenvalue weighted by Crippen LogP contribution is -1.98. The van der Waals surface area contributed by atoms with Gasteiger partial charge >= 0.3 is 0 Å². The van der Waals surface area contributed by atoms with Gasteiger partial charge < -0.3 is 5.73 Å². The van der Waals surface area contributed by atoms with Crippen LogP contribution in [0.15, 0.2) is 18.5 Å². The Balaban J connectivity index is 2.49. The number of H-pyrrole nitrogens is 1. The first-order valence-corrected chi connectivity index (χ1v) is 4.33. The van der Waals surface area contributed by atoms with Crippen molar-refractivity contribution in [2.75, 3.05) is 0 Å². The Bertz CT molecular complexity index is 434. The van der Waals surface area contributed by atoms with Crippen LogP contribution in [0.25, 0.3) is 11.4 Å². The molecule has 0 saturated carbocycles. The van der Waals surface area contributed by atoms with Crippen molar-refractivity contribution in [3.63, 3.8) is 0 Å². The average Bonchev–Trinajstić information content (AvgIpc) is 2.65. The number of aryl methyl sites for hydroxylation is 1. The summed E-state index contributed by atoms with van der Waals surface area (Å²) in [6, 6.07) is 1.94. The van der Waals surface area contributed by atoms with Crippen molar-refractivity contribution in [3.8, 4) is 11.4 Å². The molecule has 2 aromatic heterocycles. The highest BCUT2D eigenvalue weighted by molar-refractivity contribution is 5.57. The molecule has 0 aliphatic rings. The summed E-state index contributed by atoms with van der Waals surface area (Å²) in [5.74, 6) is 0. The highest BCUT2D eigenvalue weighted by Gasteiger charge is 2.07. The number of hydrogen-bond acceptors (Lipinski definition) is 4. The summed E-state index contributed by atoms with van der Waals surface area (Å²) in [5, 5.41) is 14.7. The van der Waals surface area contributed by atoms with E-state index in [0.717, 1.165) is 22.5 Å². The number of aromatic amines is 1. The fraction of sp³-hybridized carbons (Fsp3) is 0.222. The molecule has 0 aliphatic carbocycles. The fourth-order valence-corrected chi connectivity index (χ4v) is 1.27. The molecule has 0 spiro atoms. The minimum Gasteiger partial charge on any atom is -0.326 e. The lowest BCUT2D eigenvalue weighted by molar-refractivity contribution is 0.996. The van der Waals surface area contributed by atoms with Gasteiger partial charge in [-0.3, -0.25) is 5.10 Å². The molecular formula is C9H11N5. The normalized spacial score (nSPS) is 10.4. The quantitative estimate of drug-likeness (QED) is 0.726.